The highest BCUT2D eigenvalue weighted by Gasteiger charge is 2.23. The van der Waals surface area contributed by atoms with Crippen molar-refractivity contribution in [3.63, 3.8) is 0 Å². The lowest BCUT2D eigenvalue weighted by Crippen LogP contribution is -2.43. The molecule has 4 rings (SSSR count). The number of hydrogen-bond acceptors (Lipinski definition) is 7. The minimum atomic E-state index is -0.153. The summed E-state index contributed by atoms with van der Waals surface area (Å²) in [5.74, 6) is -0.153. The Labute approximate surface area is 209 Å². The Kier molecular flexibility index (Phi) is 7.48. The largest absolute Gasteiger partial charge is 0.316 e. The van der Waals surface area contributed by atoms with Crippen molar-refractivity contribution in [3.8, 4) is 16.6 Å². The lowest BCUT2D eigenvalue weighted by atomic mass is 9.86. The van der Waals surface area contributed by atoms with E-state index >= 15 is 0 Å². The van der Waals surface area contributed by atoms with E-state index in [9.17, 15) is 10.1 Å². The van der Waals surface area contributed by atoms with Crippen LogP contribution in [0.25, 0.3) is 10.6 Å². The molecule has 1 aliphatic rings. The second kappa shape index (κ2) is 10.4. The first kappa shape index (κ1) is 24.6. The molecule has 178 valence electrons. The number of nitrogens with zero attached hydrogens (tertiary/aromatic N) is 4. The predicted octanol–water partition coefficient (Wildman–Crippen LogP) is 4.97. The summed E-state index contributed by atoms with van der Waals surface area (Å²) < 4.78 is 0. The number of benzene rings is 1. The lowest BCUT2D eigenvalue weighted by Gasteiger charge is -2.32. The maximum Gasteiger partial charge on any atom is 0.231 e. The summed E-state index contributed by atoms with van der Waals surface area (Å²) in [6.45, 7) is 11.5. The predicted molar refractivity (Wildman–Crippen MR) is 140 cm³/mol. The van der Waals surface area contributed by atoms with Gasteiger partial charge in [-0.05, 0) is 35.0 Å². The van der Waals surface area contributed by atoms with Crippen LogP contribution in [0.4, 0.5) is 5.00 Å². The van der Waals surface area contributed by atoms with Crippen molar-refractivity contribution >= 4 is 33.6 Å². The SMILES string of the molecule is CN1CCN(Cc2cccc(-c3nc(CC(=O)Nc4scc(C(C)(C)C)c4C#N)cs3)c2)CC1. The van der Waals surface area contributed by atoms with E-state index in [1.807, 2.05) is 10.8 Å². The van der Waals surface area contributed by atoms with E-state index in [4.69, 9.17) is 4.98 Å². The van der Waals surface area contributed by atoms with Gasteiger partial charge in [0.25, 0.3) is 0 Å². The van der Waals surface area contributed by atoms with E-state index in [2.05, 4.69) is 73.3 Å². The van der Waals surface area contributed by atoms with Crippen LogP contribution in [0.1, 0.15) is 43.2 Å². The molecular formula is C26H31N5OS2. The molecule has 0 bridgehead atoms. The van der Waals surface area contributed by atoms with Gasteiger partial charge in [0.15, 0.2) is 0 Å². The zero-order chi connectivity index (χ0) is 24.3. The quantitative estimate of drug-likeness (QED) is 0.525. The van der Waals surface area contributed by atoms with Crippen LogP contribution < -0.4 is 5.32 Å². The van der Waals surface area contributed by atoms with Crippen molar-refractivity contribution in [2.75, 3.05) is 38.5 Å². The Morgan fingerprint density at radius 2 is 1.94 bits per heavy atom. The molecule has 0 spiro atoms. The molecule has 8 heteroatoms. The molecule has 0 atom stereocenters. The fraction of sp³-hybridized carbons (Fsp3) is 0.423. The average Bonchev–Trinajstić information content (AvgIpc) is 3.42. The Balaban J connectivity index is 1.40. The minimum absolute atomic E-state index is 0.146. The van der Waals surface area contributed by atoms with Crippen molar-refractivity contribution in [2.24, 2.45) is 0 Å². The number of anilines is 1. The second-order valence-electron chi connectivity index (χ2n) is 9.86. The Bertz CT molecular complexity index is 1190. The molecule has 3 heterocycles. The number of likely N-dealkylation sites (N-methyl/N-ethyl adjacent to an activating group) is 1. The second-order valence-corrected chi connectivity index (χ2v) is 11.6. The summed E-state index contributed by atoms with van der Waals surface area (Å²) in [6, 6.07) is 10.8. The molecule has 0 radical (unpaired) electrons. The van der Waals surface area contributed by atoms with Gasteiger partial charge in [0, 0.05) is 43.7 Å². The highest BCUT2D eigenvalue weighted by atomic mass is 32.1. The molecular weight excluding hydrogens is 462 g/mol. The van der Waals surface area contributed by atoms with Gasteiger partial charge in [0.05, 0.1) is 17.7 Å². The van der Waals surface area contributed by atoms with Gasteiger partial charge in [-0.1, -0.05) is 39.0 Å². The number of rotatable bonds is 6. The number of thiophene rings is 1. The van der Waals surface area contributed by atoms with Crippen LogP contribution >= 0.6 is 22.7 Å². The van der Waals surface area contributed by atoms with Gasteiger partial charge in [0.1, 0.15) is 16.1 Å². The summed E-state index contributed by atoms with van der Waals surface area (Å²) >= 11 is 2.97. The molecule has 0 aliphatic carbocycles. The first-order valence-electron chi connectivity index (χ1n) is 11.5. The number of aromatic nitrogens is 1. The van der Waals surface area contributed by atoms with Gasteiger partial charge >= 0.3 is 0 Å². The number of carbonyl (C=O) groups is 1. The third-order valence-corrected chi connectivity index (χ3v) is 7.87. The van der Waals surface area contributed by atoms with Crippen LogP contribution in [0.15, 0.2) is 35.0 Å². The van der Waals surface area contributed by atoms with E-state index in [1.54, 1.807) is 11.3 Å². The summed E-state index contributed by atoms with van der Waals surface area (Å²) in [6.07, 6.45) is 0.186. The topological polar surface area (TPSA) is 72.3 Å². The molecule has 1 aliphatic heterocycles. The van der Waals surface area contributed by atoms with Crippen LogP contribution in [-0.2, 0) is 23.2 Å². The van der Waals surface area contributed by atoms with Crippen molar-refractivity contribution < 1.29 is 4.79 Å². The third-order valence-electron chi connectivity index (χ3n) is 6.03. The maximum atomic E-state index is 12.7. The number of piperazine rings is 1. The molecule has 1 N–H and O–H groups in total. The van der Waals surface area contributed by atoms with Crippen LogP contribution in [0.2, 0.25) is 0 Å². The molecule has 1 amide bonds. The van der Waals surface area contributed by atoms with Crippen molar-refractivity contribution in [1.82, 2.24) is 14.8 Å². The van der Waals surface area contributed by atoms with Gasteiger partial charge in [-0.2, -0.15) is 5.26 Å². The monoisotopic (exact) mass is 493 g/mol. The van der Waals surface area contributed by atoms with Crippen LogP contribution in [0, 0.1) is 11.3 Å². The molecule has 34 heavy (non-hydrogen) atoms. The summed E-state index contributed by atoms with van der Waals surface area (Å²) in [5, 5.41) is 18.0. The summed E-state index contributed by atoms with van der Waals surface area (Å²) in [4.78, 5) is 22.3. The number of carbonyl (C=O) groups excluding carboxylic acids is 1. The molecule has 1 aromatic carbocycles. The normalized spacial score (nSPS) is 15.3. The highest BCUT2D eigenvalue weighted by molar-refractivity contribution is 7.14. The number of amides is 1. The third kappa shape index (κ3) is 5.91. The van der Waals surface area contributed by atoms with E-state index in [-0.39, 0.29) is 17.7 Å². The lowest BCUT2D eigenvalue weighted by molar-refractivity contribution is -0.115. The van der Waals surface area contributed by atoms with E-state index in [0.717, 1.165) is 54.6 Å². The fourth-order valence-electron chi connectivity index (χ4n) is 4.04. The molecule has 0 unspecified atom stereocenters. The number of thiazole rings is 1. The van der Waals surface area contributed by atoms with Crippen molar-refractivity contribution in [2.45, 2.75) is 39.2 Å². The molecule has 6 nitrogen and oxygen atoms in total. The highest BCUT2D eigenvalue weighted by Crippen LogP contribution is 2.35. The average molecular weight is 494 g/mol. The van der Waals surface area contributed by atoms with Crippen molar-refractivity contribution in [1.29, 1.82) is 5.26 Å². The first-order valence-corrected chi connectivity index (χ1v) is 13.3. The zero-order valence-electron chi connectivity index (χ0n) is 20.2. The number of nitriles is 1. The smallest absolute Gasteiger partial charge is 0.231 e. The van der Waals surface area contributed by atoms with Gasteiger partial charge in [-0.3, -0.25) is 9.69 Å². The van der Waals surface area contributed by atoms with E-state index in [1.165, 1.54) is 16.9 Å². The van der Waals surface area contributed by atoms with Gasteiger partial charge in [-0.25, -0.2) is 4.98 Å². The minimum Gasteiger partial charge on any atom is -0.316 e. The standard InChI is InChI=1S/C26H31N5OS2/c1-26(2,3)22-17-34-25(21(22)14-27)29-23(32)13-20-16-33-24(28-20)19-7-5-6-18(12-19)15-31-10-8-30(4)9-11-31/h5-7,12,16-17H,8-11,13,15H2,1-4H3,(H,29,32). The summed E-state index contributed by atoms with van der Waals surface area (Å²) in [7, 11) is 2.17. The molecule has 3 aromatic rings. The van der Waals surface area contributed by atoms with E-state index in [0.29, 0.717) is 10.6 Å². The van der Waals surface area contributed by atoms with E-state index < -0.39 is 0 Å². The van der Waals surface area contributed by atoms with Gasteiger partial charge < -0.3 is 10.2 Å². The van der Waals surface area contributed by atoms with Crippen LogP contribution in [0.3, 0.4) is 0 Å². The van der Waals surface area contributed by atoms with Gasteiger partial charge in [0.2, 0.25) is 5.91 Å². The first-order chi connectivity index (χ1) is 16.2. The van der Waals surface area contributed by atoms with Gasteiger partial charge in [-0.15, -0.1) is 22.7 Å². The Hall–Kier alpha value is -2.57. The number of nitrogens with one attached hydrogen (secondary N) is 1. The molecule has 1 saturated heterocycles. The maximum absolute atomic E-state index is 12.7. The fourth-order valence-corrected chi connectivity index (χ4v) is 6.01. The number of hydrogen-bond donors (Lipinski definition) is 1. The molecule has 0 saturated carbocycles. The van der Waals surface area contributed by atoms with Crippen LogP contribution in [0.5, 0.6) is 0 Å². The van der Waals surface area contributed by atoms with Crippen molar-refractivity contribution in [3.05, 3.63) is 57.4 Å². The molecule has 2 aromatic heterocycles. The summed E-state index contributed by atoms with van der Waals surface area (Å²) in [5.41, 5.74) is 4.49. The zero-order valence-corrected chi connectivity index (χ0v) is 21.9. The Morgan fingerprint density at radius 3 is 2.65 bits per heavy atom. The Morgan fingerprint density at radius 1 is 1.18 bits per heavy atom. The molecule has 1 fully saturated rings. The van der Waals surface area contributed by atoms with Crippen LogP contribution in [-0.4, -0.2) is 53.9 Å².